The maximum absolute atomic E-state index is 13.0. The van der Waals surface area contributed by atoms with Crippen molar-refractivity contribution in [1.82, 2.24) is 10.2 Å². The Morgan fingerprint density at radius 3 is 2.58 bits per heavy atom. The van der Waals surface area contributed by atoms with Gasteiger partial charge < -0.3 is 15.0 Å². The van der Waals surface area contributed by atoms with Gasteiger partial charge in [-0.15, -0.1) is 0 Å². The third kappa shape index (κ3) is 2.97. The molecule has 5 heteroatoms. The first kappa shape index (κ1) is 16.1. The maximum atomic E-state index is 13.0. The molecule has 3 rings (SSSR count). The highest BCUT2D eigenvalue weighted by Crippen LogP contribution is 2.28. The summed E-state index contributed by atoms with van der Waals surface area (Å²) in [5.41, 5.74) is 2.38. The number of para-hydroxylation sites is 1. The quantitative estimate of drug-likeness (QED) is 0.942. The van der Waals surface area contributed by atoms with Gasteiger partial charge in [-0.1, -0.05) is 42.0 Å². The number of benzene rings is 2. The van der Waals surface area contributed by atoms with Crippen LogP contribution in [0.2, 0.25) is 0 Å². The molecule has 0 aromatic heterocycles. The number of carbonyl (C=O) groups is 2. The maximum Gasteiger partial charge on any atom is 0.258 e. The largest absolute Gasteiger partial charge is 0.496 e. The van der Waals surface area contributed by atoms with Gasteiger partial charge in [0.05, 0.1) is 12.7 Å². The van der Waals surface area contributed by atoms with Crippen molar-refractivity contribution in [3.8, 4) is 5.75 Å². The summed E-state index contributed by atoms with van der Waals surface area (Å²) in [7, 11) is 1.53. The minimum atomic E-state index is -0.628. The van der Waals surface area contributed by atoms with E-state index >= 15 is 0 Å². The molecule has 1 aliphatic heterocycles. The van der Waals surface area contributed by atoms with Crippen molar-refractivity contribution in [3.63, 3.8) is 0 Å². The number of hydrogen-bond donors (Lipinski definition) is 1. The minimum absolute atomic E-state index is 0.159. The highest BCUT2D eigenvalue weighted by molar-refractivity contribution is 6.00. The van der Waals surface area contributed by atoms with Crippen molar-refractivity contribution in [2.24, 2.45) is 0 Å². The molecule has 2 aromatic carbocycles. The summed E-state index contributed by atoms with van der Waals surface area (Å²) in [6.07, 6.45) is 0. The predicted octanol–water partition coefficient (Wildman–Crippen LogP) is 2.32. The van der Waals surface area contributed by atoms with Crippen LogP contribution in [0, 0.1) is 6.92 Å². The smallest absolute Gasteiger partial charge is 0.258 e. The molecule has 2 aromatic rings. The molecule has 5 nitrogen and oxygen atoms in total. The van der Waals surface area contributed by atoms with Crippen LogP contribution in [-0.2, 0) is 4.79 Å². The first-order valence-electron chi connectivity index (χ1n) is 7.90. The number of nitrogens with zero attached hydrogens (tertiary/aromatic N) is 1. The van der Waals surface area contributed by atoms with Crippen LogP contribution in [0.4, 0.5) is 0 Å². The highest BCUT2D eigenvalue weighted by atomic mass is 16.5. The van der Waals surface area contributed by atoms with E-state index in [2.05, 4.69) is 5.32 Å². The number of amides is 2. The number of ether oxygens (including phenoxy) is 1. The third-order valence-corrected chi connectivity index (χ3v) is 4.20. The Balaban J connectivity index is 1.98. The van der Waals surface area contributed by atoms with Crippen LogP contribution in [0.15, 0.2) is 48.5 Å². The van der Waals surface area contributed by atoms with E-state index in [1.54, 1.807) is 23.1 Å². The van der Waals surface area contributed by atoms with Gasteiger partial charge in [-0.2, -0.15) is 0 Å². The van der Waals surface area contributed by atoms with Crippen LogP contribution < -0.4 is 10.1 Å². The van der Waals surface area contributed by atoms with E-state index in [0.717, 1.165) is 11.1 Å². The molecule has 1 atom stereocenters. The number of carbonyl (C=O) groups excluding carboxylic acids is 2. The van der Waals surface area contributed by atoms with Crippen LogP contribution in [0.25, 0.3) is 0 Å². The minimum Gasteiger partial charge on any atom is -0.496 e. The normalized spacial score (nSPS) is 17.3. The number of methoxy groups -OCH3 is 1. The lowest BCUT2D eigenvalue weighted by Gasteiger charge is -2.35. The van der Waals surface area contributed by atoms with Crippen LogP contribution in [0.1, 0.15) is 27.5 Å². The second-order valence-corrected chi connectivity index (χ2v) is 5.80. The van der Waals surface area contributed by atoms with Gasteiger partial charge in [-0.25, -0.2) is 0 Å². The summed E-state index contributed by atoms with van der Waals surface area (Å²) in [6, 6.07) is 14.1. The topological polar surface area (TPSA) is 58.6 Å². The molecule has 1 aliphatic rings. The molecule has 1 unspecified atom stereocenters. The average molecular weight is 324 g/mol. The van der Waals surface area contributed by atoms with Gasteiger partial charge in [0.2, 0.25) is 5.91 Å². The molecule has 2 amide bonds. The van der Waals surface area contributed by atoms with Gasteiger partial charge in [-0.05, 0) is 24.6 Å². The van der Waals surface area contributed by atoms with Crippen molar-refractivity contribution >= 4 is 11.8 Å². The van der Waals surface area contributed by atoms with Crippen LogP contribution >= 0.6 is 0 Å². The van der Waals surface area contributed by atoms with E-state index in [1.807, 2.05) is 37.3 Å². The van der Waals surface area contributed by atoms with Crippen molar-refractivity contribution in [3.05, 3.63) is 65.2 Å². The van der Waals surface area contributed by atoms with Crippen molar-refractivity contribution < 1.29 is 14.3 Å². The zero-order chi connectivity index (χ0) is 17.1. The molecule has 0 spiro atoms. The SMILES string of the molecule is COc1ccccc1C(=O)N1CCNC(=O)C1c1ccc(C)cc1. The Kier molecular flexibility index (Phi) is 4.51. The summed E-state index contributed by atoms with van der Waals surface area (Å²) in [5.74, 6) is 0.150. The lowest BCUT2D eigenvalue weighted by Crippen LogP contribution is -2.52. The fourth-order valence-electron chi connectivity index (χ4n) is 2.94. The number of piperazine rings is 1. The summed E-state index contributed by atoms with van der Waals surface area (Å²) in [5, 5.41) is 2.85. The van der Waals surface area contributed by atoms with E-state index in [9.17, 15) is 9.59 Å². The predicted molar refractivity (Wildman–Crippen MR) is 91.0 cm³/mol. The molecule has 0 saturated carbocycles. The number of aryl methyl sites for hydroxylation is 1. The second-order valence-electron chi connectivity index (χ2n) is 5.80. The van der Waals surface area contributed by atoms with Gasteiger partial charge in [0.15, 0.2) is 0 Å². The summed E-state index contributed by atoms with van der Waals surface area (Å²) < 4.78 is 5.29. The third-order valence-electron chi connectivity index (χ3n) is 4.20. The Hall–Kier alpha value is -2.82. The van der Waals surface area contributed by atoms with Crippen molar-refractivity contribution in [2.45, 2.75) is 13.0 Å². The molecule has 1 heterocycles. The van der Waals surface area contributed by atoms with Gasteiger partial charge in [-0.3, -0.25) is 9.59 Å². The molecule has 1 N–H and O–H groups in total. The van der Waals surface area contributed by atoms with Gasteiger partial charge in [0.25, 0.3) is 5.91 Å². The van der Waals surface area contributed by atoms with Crippen molar-refractivity contribution in [2.75, 3.05) is 20.2 Å². The fourth-order valence-corrected chi connectivity index (χ4v) is 2.94. The zero-order valence-corrected chi connectivity index (χ0v) is 13.8. The lowest BCUT2D eigenvalue weighted by molar-refractivity contribution is -0.128. The Labute approximate surface area is 141 Å². The van der Waals surface area contributed by atoms with Gasteiger partial charge in [0, 0.05) is 13.1 Å². The van der Waals surface area contributed by atoms with E-state index in [0.29, 0.717) is 24.4 Å². The molecule has 0 radical (unpaired) electrons. The first-order chi connectivity index (χ1) is 11.6. The average Bonchev–Trinajstić information content (AvgIpc) is 2.62. The van der Waals surface area contributed by atoms with Crippen LogP contribution in [-0.4, -0.2) is 36.9 Å². The lowest BCUT2D eigenvalue weighted by atomic mass is 10.00. The molecular formula is C19H20N2O3. The number of nitrogens with one attached hydrogen (secondary N) is 1. The molecule has 0 bridgehead atoms. The first-order valence-corrected chi connectivity index (χ1v) is 7.90. The molecule has 1 fully saturated rings. The Morgan fingerprint density at radius 2 is 1.88 bits per heavy atom. The van der Waals surface area contributed by atoms with E-state index in [1.165, 1.54) is 7.11 Å². The Morgan fingerprint density at radius 1 is 1.17 bits per heavy atom. The molecule has 24 heavy (non-hydrogen) atoms. The Bertz CT molecular complexity index is 755. The van der Waals surface area contributed by atoms with Gasteiger partial charge in [0.1, 0.15) is 11.8 Å². The van der Waals surface area contributed by atoms with E-state index in [-0.39, 0.29) is 11.8 Å². The molecular weight excluding hydrogens is 304 g/mol. The highest BCUT2D eigenvalue weighted by Gasteiger charge is 2.35. The van der Waals surface area contributed by atoms with E-state index in [4.69, 9.17) is 4.74 Å². The summed E-state index contributed by atoms with van der Waals surface area (Å²) in [6.45, 7) is 2.89. The van der Waals surface area contributed by atoms with Gasteiger partial charge >= 0.3 is 0 Å². The fraction of sp³-hybridized carbons (Fsp3) is 0.263. The molecule has 124 valence electrons. The standard InChI is InChI=1S/C19H20N2O3/c1-13-7-9-14(10-8-13)17-18(22)20-11-12-21(17)19(23)15-5-3-4-6-16(15)24-2/h3-10,17H,11-12H2,1-2H3,(H,20,22). The number of rotatable bonds is 3. The molecule has 0 aliphatic carbocycles. The number of hydrogen-bond acceptors (Lipinski definition) is 3. The molecule has 1 saturated heterocycles. The van der Waals surface area contributed by atoms with Crippen molar-refractivity contribution in [1.29, 1.82) is 0 Å². The summed E-state index contributed by atoms with van der Waals surface area (Å²) >= 11 is 0. The van der Waals surface area contributed by atoms with Crippen LogP contribution in [0.5, 0.6) is 5.75 Å². The van der Waals surface area contributed by atoms with Crippen LogP contribution in [0.3, 0.4) is 0 Å². The zero-order valence-electron chi connectivity index (χ0n) is 13.8. The monoisotopic (exact) mass is 324 g/mol. The van der Waals surface area contributed by atoms with E-state index < -0.39 is 6.04 Å². The second kappa shape index (κ2) is 6.74. The summed E-state index contributed by atoms with van der Waals surface area (Å²) in [4.78, 5) is 27.1.